The maximum Gasteiger partial charge on any atom is 0.201 e. The van der Waals surface area contributed by atoms with Gasteiger partial charge in [-0.05, 0) is 54.2 Å². The van der Waals surface area contributed by atoms with E-state index in [1.165, 1.54) is 18.2 Å². The van der Waals surface area contributed by atoms with Gasteiger partial charge in [0.05, 0.1) is 12.7 Å². The van der Waals surface area contributed by atoms with Gasteiger partial charge >= 0.3 is 0 Å². The third-order valence-electron chi connectivity index (χ3n) is 6.36. The van der Waals surface area contributed by atoms with Crippen LogP contribution in [0, 0.1) is 17.5 Å². The highest BCUT2D eigenvalue weighted by Crippen LogP contribution is 2.34. The zero-order chi connectivity index (χ0) is 24.1. The molecule has 0 radical (unpaired) electrons. The molecule has 0 aliphatic carbocycles. The molecule has 0 aromatic heterocycles. The highest BCUT2D eigenvalue weighted by Gasteiger charge is 2.23. The molecule has 1 heterocycles. The quantitative estimate of drug-likeness (QED) is 0.313. The van der Waals surface area contributed by atoms with Crippen LogP contribution in [-0.2, 0) is 4.74 Å². The monoisotopic (exact) mass is 466 g/mol. The molecule has 5 heteroatoms. The summed E-state index contributed by atoms with van der Waals surface area (Å²) in [6, 6.07) is 14.9. The van der Waals surface area contributed by atoms with Crippen LogP contribution in [0.5, 0.6) is 5.75 Å². The van der Waals surface area contributed by atoms with E-state index < -0.39 is 11.6 Å². The van der Waals surface area contributed by atoms with E-state index in [9.17, 15) is 8.78 Å². The fraction of sp³-hybridized carbons (Fsp3) is 0.310. The van der Waals surface area contributed by atoms with Crippen molar-refractivity contribution in [3.8, 4) is 28.0 Å². The van der Waals surface area contributed by atoms with Crippen LogP contribution in [0.4, 0.5) is 13.2 Å². The Morgan fingerprint density at radius 2 is 1.65 bits per heavy atom. The predicted octanol–water partition coefficient (Wildman–Crippen LogP) is 8.07. The standard InChI is InChI=1S/C29H29F3O2/c1-3-5-23-12-10-22(18-34-23)21-11-13-24(26(30)17-21)19-6-8-20(9-7-19)25-14-15-27(33-16-4-2)29(32)28(25)31/h4,6-9,11,13-15,17,22-23H,2-3,5,10,12,16,18H2,1H3. The fourth-order valence-corrected chi connectivity index (χ4v) is 4.48. The summed E-state index contributed by atoms with van der Waals surface area (Å²) in [7, 11) is 0. The summed E-state index contributed by atoms with van der Waals surface area (Å²) in [5.74, 6) is -2.29. The molecule has 0 bridgehead atoms. The molecule has 4 rings (SSSR count). The molecule has 0 saturated carbocycles. The third kappa shape index (κ3) is 5.20. The Hall–Kier alpha value is -3.05. The second-order valence-corrected chi connectivity index (χ2v) is 8.67. The summed E-state index contributed by atoms with van der Waals surface area (Å²) >= 11 is 0. The van der Waals surface area contributed by atoms with E-state index in [1.807, 2.05) is 6.07 Å². The number of benzene rings is 3. The van der Waals surface area contributed by atoms with E-state index in [1.54, 1.807) is 36.4 Å². The molecule has 1 saturated heterocycles. The van der Waals surface area contributed by atoms with E-state index in [-0.39, 0.29) is 29.7 Å². The van der Waals surface area contributed by atoms with Gasteiger partial charge in [-0.15, -0.1) is 0 Å². The highest BCUT2D eigenvalue weighted by atomic mass is 19.2. The van der Waals surface area contributed by atoms with Crippen molar-refractivity contribution in [1.29, 1.82) is 0 Å². The van der Waals surface area contributed by atoms with Gasteiger partial charge in [0.1, 0.15) is 12.4 Å². The molecular weight excluding hydrogens is 437 g/mol. The lowest BCUT2D eigenvalue weighted by molar-refractivity contribution is -0.00115. The average Bonchev–Trinajstić information content (AvgIpc) is 2.86. The Labute approximate surface area is 199 Å². The van der Waals surface area contributed by atoms with Crippen molar-refractivity contribution in [2.45, 2.75) is 44.6 Å². The van der Waals surface area contributed by atoms with Gasteiger partial charge < -0.3 is 9.47 Å². The van der Waals surface area contributed by atoms with Crippen molar-refractivity contribution in [3.63, 3.8) is 0 Å². The van der Waals surface area contributed by atoms with Crippen molar-refractivity contribution in [3.05, 3.63) is 90.3 Å². The van der Waals surface area contributed by atoms with Crippen LogP contribution in [-0.4, -0.2) is 19.3 Å². The lowest BCUT2D eigenvalue weighted by Crippen LogP contribution is -2.24. The zero-order valence-corrected chi connectivity index (χ0v) is 19.3. The first-order valence-electron chi connectivity index (χ1n) is 11.7. The molecule has 0 N–H and O–H groups in total. The van der Waals surface area contributed by atoms with Gasteiger partial charge in [0.25, 0.3) is 0 Å². The molecule has 3 aromatic carbocycles. The Balaban J connectivity index is 1.50. The van der Waals surface area contributed by atoms with Gasteiger partial charge in [-0.3, -0.25) is 0 Å². The molecule has 3 aromatic rings. The van der Waals surface area contributed by atoms with Crippen LogP contribution in [0.15, 0.2) is 67.3 Å². The lowest BCUT2D eigenvalue weighted by Gasteiger charge is -2.29. The van der Waals surface area contributed by atoms with Gasteiger partial charge in [0, 0.05) is 17.0 Å². The molecule has 2 nitrogen and oxygen atoms in total. The van der Waals surface area contributed by atoms with Gasteiger partial charge in [0.2, 0.25) is 5.82 Å². The Kier molecular flexibility index (Phi) is 7.73. The van der Waals surface area contributed by atoms with E-state index >= 15 is 4.39 Å². The molecule has 1 aliphatic heterocycles. The van der Waals surface area contributed by atoms with Gasteiger partial charge in [-0.25, -0.2) is 8.78 Å². The first-order valence-corrected chi connectivity index (χ1v) is 11.7. The van der Waals surface area contributed by atoms with Gasteiger partial charge in [0.15, 0.2) is 11.6 Å². The molecule has 34 heavy (non-hydrogen) atoms. The van der Waals surface area contributed by atoms with Crippen molar-refractivity contribution in [1.82, 2.24) is 0 Å². The maximum absolute atomic E-state index is 15.0. The van der Waals surface area contributed by atoms with Crippen LogP contribution < -0.4 is 4.74 Å². The zero-order valence-electron chi connectivity index (χ0n) is 19.3. The SMILES string of the molecule is C=CCOc1ccc(-c2ccc(-c3ccc(C4CCC(CCC)OC4)cc3F)cc2)c(F)c1F. The number of hydrogen-bond donors (Lipinski definition) is 0. The first kappa shape index (κ1) is 24.1. The topological polar surface area (TPSA) is 18.5 Å². The van der Waals surface area contributed by atoms with Crippen LogP contribution in [0.25, 0.3) is 22.3 Å². The maximum atomic E-state index is 15.0. The van der Waals surface area contributed by atoms with E-state index in [4.69, 9.17) is 9.47 Å². The molecule has 1 fully saturated rings. The fourth-order valence-electron chi connectivity index (χ4n) is 4.48. The van der Waals surface area contributed by atoms with Crippen molar-refractivity contribution >= 4 is 0 Å². The smallest absolute Gasteiger partial charge is 0.201 e. The van der Waals surface area contributed by atoms with Crippen molar-refractivity contribution in [2.75, 3.05) is 13.2 Å². The largest absolute Gasteiger partial charge is 0.486 e. The molecule has 1 aliphatic rings. The van der Waals surface area contributed by atoms with Crippen LogP contribution >= 0.6 is 0 Å². The third-order valence-corrected chi connectivity index (χ3v) is 6.36. The molecule has 2 atom stereocenters. The number of rotatable bonds is 8. The van der Waals surface area contributed by atoms with Crippen molar-refractivity contribution < 1.29 is 22.6 Å². The number of halogens is 3. The van der Waals surface area contributed by atoms with Crippen LogP contribution in [0.1, 0.15) is 44.1 Å². The predicted molar refractivity (Wildman–Crippen MR) is 130 cm³/mol. The molecule has 2 unspecified atom stereocenters. The van der Waals surface area contributed by atoms with Crippen LogP contribution in [0.3, 0.4) is 0 Å². The summed E-state index contributed by atoms with van der Waals surface area (Å²) in [4.78, 5) is 0. The Bertz CT molecular complexity index is 1130. The van der Waals surface area contributed by atoms with Gasteiger partial charge in [-0.1, -0.05) is 62.4 Å². The highest BCUT2D eigenvalue weighted by molar-refractivity contribution is 5.71. The lowest BCUT2D eigenvalue weighted by atomic mass is 9.89. The van der Waals surface area contributed by atoms with Gasteiger partial charge in [-0.2, -0.15) is 4.39 Å². The molecule has 0 amide bonds. The Morgan fingerprint density at radius 1 is 0.941 bits per heavy atom. The summed E-state index contributed by atoms with van der Waals surface area (Å²) in [6.07, 6.45) is 5.95. The first-order chi connectivity index (χ1) is 16.5. The minimum atomic E-state index is -1.04. The minimum absolute atomic E-state index is 0.0852. The summed E-state index contributed by atoms with van der Waals surface area (Å²) in [6.45, 7) is 6.36. The minimum Gasteiger partial charge on any atom is -0.486 e. The average molecular weight is 467 g/mol. The Morgan fingerprint density at radius 3 is 2.26 bits per heavy atom. The van der Waals surface area contributed by atoms with Crippen LogP contribution in [0.2, 0.25) is 0 Å². The second-order valence-electron chi connectivity index (χ2n) is 8.67. The molecule has 178 valence electrons. The number of hydrogen-bond acceptors (Lipinski definition) is 2. The summed E-state index contributed by atoms with van der Waals surface area (Å²) in [5.41, 5.74) is 2.69. The molecule has 0 spiro atoms. The van der Waals surface area contributed by atoms with Crippen molar-refractivity contribution in [2.24, 2.45) is 0 Å². The van der Waals surface area contributed by atoms with E-state index in [0.29, 0.717) is 29.4 Å². The second kappa shape index (κ2) is 10.9. The summed E-state index contributed by atoms with van der Waals surface area (Å²) < 4.78 is 55.0. The summed E-state index contributed by atoms with van der Waals surface area (Å²) in [5, 5.41) is 0. The van der Waals surface area contributed by atoms with E-state index in [0.717, 1.165) is 31.2 Å². The molecular formula is C29H29F3O2. The normalized spacial score (nSPS) is 18.0. The number of ether oxygens (including phenoxy) is 2. The van der Waals surface area contributed by atoms with E-state index in [2.05, 4.69) is 13.5 Å².